The minimum Gasteiger partial charge on any atom is -0.497 e. The van der Waals surface area contributed by atoms with Crippen molar-refractivity contribution >= 4 is 17.5 Å². The van der Waals surface area contributed by atoms with E-state index in [2.05, 4.69) is 13.8 Å². The Balaban J connectivity index is 1.68. The lowest BCUT2D eigenvalue weighted by atomic mass is 9.69. The van der Waals surface area contributed by atoms with Crippen molar-refractivity contribution in [3.8, 4) is 17.1 Å². The summed E-state index contributed by atoms with van der Waals surface area (Å²) >= 11 is 0. The second kappa shape index (κ2) is 8.75. The number of hydrogen-bond acceptors (Lipinski definition) is 6. The summed E-state index contributed by atoms with van der Waals surface area (Å²) in [5, 5.41) is 9.26. The van der Waals surface area contributed by atoms with Crippen LogP contribution >= 0.6 is 0 Å². The van der Waals surface area contributed by atoms with Gasteiger partial charge in [0.25, 0.3) is 0 Å². The van der Waals surface area contributed by atoms with Crippen LogP contribution in [0.5, 0.6) is 5.75 Å². The van der Waals surface area contributed by atoms with Crippen LogP contribution in [0, 0.1) is 6.92 Å². The molecule has 0 bridgehead atoms. The molecule has 5 rings (SSSR count). The van der Waals surface area contributed by atoms with Crippen LogP contribution in [0.25, 0.3) is 11.3 Å². The van der Waals surface area contributed by atoms with Crippen molar-refractivity contribution in [2.75, 3.05) is 13.7 Å². The topological polar surface area (TPSA) is 103 Å². The average Bonchev–Trinajstić information content (AvgIpc) is 3.19. The Kier molecular flexibility index (Phi) is 5.83. The summed E-state index contributed by atoms with van der Waals surface area (Å²) in [4.78, 5) is 38.2. The predicted molar refractivity (Wildman–Crippen MR) is 132 cm³/mol. The van der Waals surface area contributed by atoms with Crippen molar-refractivity contribution in [2.24, 2.45) is 0 Å². The van der Waals surface area contributed by atoms with Gasteiger partial charge in [-0.1, -0.05) is 38.1 Å². The van der Waals surface area contributed by atoms with E-state index in [-0.39, 0.29) is 11.0 Å². The van der Waals surface area contributed by atoms with Crippen molar-refractivity contribution < 1.29 is 33.4 Å². The van der Waals surface area contributed by atoms with Crippen molar-refractivity contribution in [1.82, 2.24) is 0 Å². The molecule has 2 aliphatic carbocycles. The van der Waals surface area contributed by atoms with Crippen LogP contribution in [-0.2, 0) is 21.4 Å². The molecule has 3 aromatic rings. The van der Waals surface area contributed by atoms with E-state index < -0.39 is 30.2 Å². The first-order valence-corrected chi connectivity index (χ1v) is 12.0. The van der Waals surface area contributed by atoms with Crippen molar-refractivity contribution in [3.63, 3.8) is 0 Å². The average molecular weight is 489 g/mol. The zero-order valence-electron chi connectivity index (χ0n) is 20.8. The fourth-order valence-electron chi connectivity index (χ4n) is 5.56. The van der Waals surface area contributed by atoms with Gasteiger partial charge in [-0.25, -0.2) is 4.79 Å². The molecule has 0 amide bonds. The molecular formula is C29H28O7. The summed E-state index contributed by atoms with van der Waals surface area (Å²) in [6.07, 6.45) is 1.80. The largest absolute Gasteiger partial charge is 0.497 e. The van der Waals surface area contributed by atoms with E-state index in [0.29, 0.717) is 39.5 Å². The van der Waals surface area contributed by atoms with Gasteiger partial charge in [0.15, 0.2) is 0 Å². The number of benzene rings is 2. The fourth-order valence-corrected chi connectivity index (χ4v) is 5.56. The number of methoxy groups -OCH3 is 1. The smallest absolute Gasteiger partial charge is 0.329 e. The Bertz CT molecular complexity index is 1390. The summed E-state index contributed by atoms with van der Waals surface area (Å²) < 4.78 is 17.3. The minimum absolute atomic E-state index is 0.0827. The van der Waals surface area contributed by atoms with Crippen LogP contribution in [0.15, 0.2) is 40.8 Å². The number of hydrogen-bond donors (Lipinski definition) is 1. The molecule has 0 radical (unpaired) electrons. The molecule has 7 nitrogen and oxygen atoms in total. The van der Waals surface area contributed by atoms with Gasteiger partial charge in [0, 0.05) is 16.7 Å². The molecule has 1 aromatic heterocycles. The quantitative estimate of drug-likeness (QED) is 0.460. The maximum atomic E-state index is 13.4. The fraction of sp³-hybridized carbons (Fsp3) is 0.345. The number of ketones is 2. The molecule has 2 aromatic carbocycles. The van der Waals surface area contributed by atoms with Gasteiger partial charge in [0.05, 0.1) is 12.7 Å². The molecule has 1 unspecified atom stereocenters. The lowest BCUT2D eigenvalue weighted by Crippen LogP contribution is -2.29. The number of furan rings is 1. The summed E-state index contributed by atoms with van der Waals surface area (Å²) in [7, 11) is 1.55. The first-order valence-electron chi connectivity index (χ1n) is 12.0. The molecule has 0 fully saturated rings. The molecule has 0 saturated heterocycles. The predicted octanol–water partition coefficient (Wildman–Crippen LogP) is 5.45. The highest BCUT2D eigenvalue weighted by atomic mass is 16.5. The SMILES string of the molecule is COc1ccc(C(OCC(=O)O)c2oc3c(c2C)C(=O)C(=O)c2c-3ccc3c2CCCC3(C)C)cc1. The zero-order valence-corrected chi connectivity index (χ0v) is 20.8. The number of carbonyl (C=O) groups excluding carboxylic acids is 2. The molecule has 186 valence electrons. The number of carboxylic acids is 1. The molecule has 0 aliphatic heterocycles. The van der Waals surface area contributed by atoms with E-state index in [9.17, 15) is 19.5 Å². The molecule has 0 saturated carbocycles. The minimum atomic E-state index is -1.13. The van der Waals surface area contributed by atoms with Gasteiger partial charge in [0.1, 0.15) is 30.0 Å². The number of Topliss-reactive ketones (excluding diaryl/α,β-unsaturated/α-hetero) is 2. The van der Waals surface area contributed by atoms with Crippen LogP contribution in [0.4, 0.5) is 0 Å². The maximum Gasteiger partial charge on any atom is 0.329 e. The van der Waals surface area contributed by atoms with Gasteiger partial charge in [-0.15, -0.1) is 0 Å². The van der Waals surface area contributed by atoms with E-state index in [1.54, 1.807) is 38.3 Å². The number of aliphatic carboxylic acids is 1. The third-order valence-corrected chi connectivity index (χ3v) is 7.39. The van der Waals surface area contributed by atoms with Crippen molar-refractivity contribution in [3.05, 3.63) is 75.5 Å². The third kappa shape index (κ3) is 3.75. The van der Waals surface area contributed by atoms with Crippen LogP contribution in [0.1, 0.15) is 81.5 Å². The first kappa shape index (κ1) is 24.0. The molecular weight excluding hydrogens is 460 g/mol. The van der Waals surface area contributed by atoms with Gasteiger partial charge in [-0.2, -0.15) is 0 Å². The number of carboxylic acid groups (broad SMARTS) is 1. The van der Waals surface area contributed by atoms with E-state index in [1.165, 1.54) is 0 Å². The molecule has 2 aliphatic rings. The highest BCUT2D eigenvalue weighted by Crippen LogP contribution is 2.47. The standard InChI is InChI=1S/C29H28O7/c1-15-22-24(32)25(33)23-18-6-5-13-29(2,3)20(18)12-11-19(23)28(22)36-26(15)27(35-14-21(30)31)16-7-9-17(34-4)10-8-16/h7-12,27H,5-6,13-14H2,1-4H3,(H,30,31). The Morgan fingerprint density at radius 1 is 1.08 bits per heavy atom. The summed E-state index contributed by atoms with van der Waals surface area (Å²) in [5.41, 5.74) is 4.31. The molecule has 0 spiro atoms. The number of rotatable bonds is 6. The monoisotopic (exact) mass is 488 g/mol. The number of carbonyl (C=O) groups is 3. The van der Waals surface area contributed by atoms with Crippen LogP contribution in [-0.4, -0.2) is 36.4 Å². The maximum absolute atomic E-state index is 13.4. The highest BCUT2D eigenvalue weighted by Gasteiger charge is 2.41. The molecule has 1 N–H and O–H groups in total. The van der Waals surface area contributed by atoms with E-state index >= 15 is 0 Å². The lowest BCUT2D eigenvalue weighted by Gasteiger charge is -2.34. The van der Waals surface area contributed by atoms with Gasteiger partial charge in [-0.3, -0.25) is 9.59 Å². The molecule has 1 heterocycles. The molecule has 1 atom stereocenters. The third-order valence-electron chi connectivity index (χ3n) is 7.39. The van der Waals surface area contributed by atoms with Gasteiger partial charge >= 0.3 is 5.97 Å². The Hall–Kier alpha value is -3.71. The normalized spacial score (nSPS) is 16.7. The first-order chi connectivity index (χ1) is 17.1. The Morgan fingerprint density at radius 2 is 1.78 bits per heavy atom. The van der Waals surface area contributed by atoms with Gasteiger partial charge in [-0.05, 0) is 60.4 Å². The van der Waals surface area contributed by atoms with Crippen LogP contribution in [0.3, 0.4) is 0 Å². The summed E-state index contributed by atoms with van der Waals surface area (Å²) in [6.45, 7) is 5.46. The van der Waals surface area contributed by atoms with Crippen molar-refractivity contribution in [2.45, 2.75) is 51.6 Å². The molecule has 36 heavy (non-hydrogen) atoms. The van der Waals surface area contributed by atoms with Gasteiger partial charge in [0.2, 0.25) is 11.6 Å². The Labute approximate surface area is 209 Å². The highest BCUT2D eigenvalue weighted by molar-refractivity contribution is 6.53. The number of fused-ring (bicyclic) bond motifs is 5. The molecule has 7 heteroatoms. The van der Waals surface area contributed by atoms with Crippen LogP contribution < -0.4 is 4.74 Å². The van der Waals surface area contributed by atoms with Crippen molar-refractivity contribution in [1.29, 1.82) is 0 Å². The summed E-state index contributed by atoms with van der Waals surface area (Å²) in [5.74, 6) is -0.977. The summed E-state index contributed by atoms with van der Waals surface area (Å²) in [6, 6.07) is 10.9. The van der Waals surface area contributed by atoms with Gasteiger partial charge < -0.3 is 19.0 Å². The van der Waals surface area contributed by atoms with E-state index in [1.807, 2.05) is 12.1 Å². The zero-order chi connectivity index (χ0) is 25.8. The van der Waals surface area contributed by atoms with E-state index in [4.69, 9.17) is 13.9 Å². The van der Waals surface area contributed by atoms with Crippen LogP contribution in [0.2, 0.25) is 0 Å². The second-order valence-corrected chi connectivity index (χ2v) is 10.1. The lowest BCUT2D eigenvalue weighted by molar-refractivity contribution is -0.143. The Morgan fingerprint density at radius 3 is 2.44 bits per heavy atom. The van der Waals surface area contributed by atoms with E-state index in [0.717, 1.165) is 30.4 Å². The second-order valence-electron chi connectivity index (χ2n) is 10.1. The number of ether oxygens (including phenoxy) is 2.